The number of esters is 2. The summed E-state index contributed by atoms with van der Waals surface area (Å²) in [6.07, 6.45) is 4.02. The largest absolute Gasteiger partial charge is 0.465 e. The van der Waals surface area contributed by atoms with Crippen LogP contribution in [0.15, 0.2) is 53.2 Å². The van der Waals surface area contributed by atoms with Crippen LogP contribution in [0.3, 0.4) is 0 Å². The van der Waals surface area contributed by atoms with Crippen LogP contribution in [0.4, 0.5) is 5.69 Å². The van der Waals surface area contributed by atoms with E-state index in [1.165, 1.54) is 12.3 Å². The molecule has 10 heteroatoms. The number of benzene rings is 1. The van der Waals surface area contributed by atoms with Crippen molar-refractivity contribution in [3.63, 3.8) is 0 Å². The Labute approximate surface area is 197 Å². The van der Waals surface area contributed by atoms with Crippen LogP contribution in [-0.4, -0.2) is 31.1 Å². The molecule has 0 unspecified atom stereocenters. The number of furan rings is 1. The first-order valence-corrected chi connectivity index (χ1v) is 10.9. The van der Waals surface area contributed by atoms with Gasteiger partial charge in [0.25, 0.3) is 5.91 Å². The summed E-state index contributed by atoms with van der Waals surface area (Å²) in [6.45, 7) is 1.30. The molecule has 32 heavy (non-hydrogen) atoms. The van der Waals surface area contributed by atoms with E-state index in [0.29, 0.717) is 26.2 Å². The predicted octanol–water partition coefficient (Wildman–Crippen LogP) is 5.69. The maximum atomic E-state index is 12.4. The molecule has 0 aliphatic heterocycles. The molecule has 0 saturated heterocycles. The molecule has 1 aromatic carbocycles. The minimum atomic E-state index is -0.721. The summed E-state index contributed by atoms with van der Waals surface area (Å²) in [5.74, 6) is -1.47. The molecule has 0 spiro atoms. The number of carbonyl (C=O) groups is 3. The smallest absolute Gasteiger partial charge is 0.350 e. The molecule has 0 atom stereocenters. The highest BCUT2D eigenvalue weighted by molar-refractivity contribution is 7.18. The number of anilines is 1. The van der Waals surface area contributed by atoms with E-state index in [1.54, 1.807) is 43.3 Å². The summed E-state index contributed by atoms with van der Waals surface area (Å²) in [6, 6.07) is 9.89. The molecule has 0 bridgehead atoms. The van der Waals surface area contributed by atoms with Gasteiger partial charge in [0, 0.05) is 21.5 Å². The van der Waals surface area contributed by atoms with Gasteiger partial charge in [-0.3, -0.25) is 4.79 Å². The van der Waals surface area contributed by atoms with Crippen LogP contribution >= 0.6 is 34.5 Å². The van der Waals surface area contributed by atoms with Crippen molar-refractivity contribution < 1.29 is 28.3 Å². The molecule has 0 radical (unpaired) electrons. The lowest BCUT2D eigenvalue weighted by Gasteiger charge is -2.06. The van der Waals surface area contributed by atoms with Gasteiger partial charge >= 0.3 is 11.9 Å². The summed E-state index contributed by atoms with van der Waals surface area (Å²) in [5.41, 5.74) is 0.864. The molecule has 0 fully saturated rings. The summed E-state index contributed by atoms with van der Waals surface area (Å²) >= 11 is 13.3. The Bertz CT molecular complexity index is 1150. The third kappa shape index (κ3) is 6.23. The molecule has 0 aliphatic rings. The number of nitrogens with one attached hydrogen (secondary N) is 1. The van der Waals surface area contributed by atoms with Gasteiger partial charge in [-0.2, -0.15) is 0 Å². The molecule has 1 N–H and O–H groups in total. The predicted molar refractivity (Wildman–Crippen MR) is 123 cm³/mol. The van der Waals surface area contributed by atoms with E-state index in [1.807, 2.05) is 0 Å². The van der Waals surface area contributed by atoms with Crippen molar-refractivity contribution in [3.05, 3.63) is 69.4 Å². The van der Waals surface area contributed by atoms with Gasteiger partial charge in [-0.25, -0.2) is 9.59 Å². The summed E-state index contributed by atoms with van der Waals surface area (Å²) < 4.78 is 15.1. The van der Waals surface area contributed by atoms with Crippen LogP contribution in [0.5, 0.6) is 0 Å². The molecule has 7 nitrogen and oxygen atoms in total. The number of hydrogen-bond donors (Lipinski definition) is 1. The average molecular weight is 494 g/mol. The zero-order valence-corrected chi connectivity index (χ0v) is 19.1. The fraction of sp³-hybridized carbons (Fsp3) is 0.136. The zero-order chi connectivity index (χ0) is 23.1. The number of thiophene rings is 1. The summed E-state index contributed by atoms with van der Waals surface area (Å²) in [7, 11) is 0. The van der Waals surface area contributed by atoms with Crippen LogP contribution in [-0.2, 0) is 19.1 Å². The third-order valence-electron chi connectivity index (χ3n) is 3.94. The third-order valence-corrected chi connectivity index (χ3v) is 5.63. The van der Waals surface area contributed by atoms with Gasteiger partial charge in [0.2, 0.25) is 0 Å². The Morgan fingerprint density at radius 1 is 1.16 bits per heavy atom. The number of carbonyl (C=O) groups excluding carboxylic acids is 3. The van der Waals surface area contributed by atoms with E-state index in [9.17, 15) is 14.4 Å². The lowest BCUT2D eigenvalue weighted by molar-refractivity contribution is -0.142. The number of ether oxygens (including phenoxy) is 2. The van der Waals surface area contributed by atoms with Crippen molar-refractivity contribution in [1.29, 1.82) is 0 Å². The van der Waals surface area contributed by atoms with E-state index >= 15 is 0 Å². The second-order valence-electron chi connectivity index (χ2n) is 6.20. The molecule has 0 saturated carbocycles. The van der Waals surface area contributed by atoms with Gasteiger partial charge in [0.05, 0.1) is 23.6 Å². The highest BCUT2D eigenvalue weighted by Crippen LogP contribution is 2.39. The maximum Gasteiger partial charge on any atom is 0.350 e. The standard InChI is InChI=1S/C22H17Cl2NO6S/c1-2-29-22(28)21-17(11-18(32-21)15-7-5-13(23)10-16(15)24)25-19(26)12-31-20(27)8-6-14-4-3-9-30-14/h3-11H,2,12H2,1H3,(H,25,26)/b8-6+. The monoisotopic (exact) mass is 493 g/mol. The molecule has 2 heterocycles. The van der Waals surface area contributed by atoms with E-state index in [4.69, 9.17) is 37.1 Å². The summed E-state index contributed by atoms with van der Waals surface area (Å²) in [5, 5.41) is 3.44. The first-order valence-electron chi connectivity index (χ1n) is 9.32. The Morgan fingerprint density at radius 2 is 1.97 bits per heavy atom. The second-order valence-corrected chi connectivity index (χ2v) is 8.10. The lowest BCUT2D eigenvalue weighted by Crippen LogP contribution is -2.21. The Morgan fingerprint density at radius 3 is 2.66 bits per heavy atom. The van der Waals surface area contributed by atoms with Gasteiger partial charge in [0.15, 0.2) is 6.61 Å². The van der Waals surface area contributed by atoms with Crippen molar-refractivity contribution in [3.8, 4) is 10.4 Å². The van der Waals surface area contributed by atoms with Crippen molar-refractivity contribution in [2.75, 3.05) is 18.5 Å². The number of amides is 1. The van der Waals surface area contributed by atoms with Crippen LogP contribution in [0.25, 0.3) is 16.5 Å². The maximum absolute atomic E-state index is 12.4. The first-order chi connectivity index (χ1) is 15.4. The SMILES string of the molecule is CCOC(=O)c1sc(-c2ccc(Cl)cc2Cl)cc1NC(=O)COC(=O)/C=C/c1ccco1. The van der Waals surface area contributed by atoms with Gasteiger partial charge in [-0.15, -0.1) is 11.3 Å². The van der Waals surface area contributed by atoms with E-state index in [-0.39, 0.29) is 17.2 Å². The Balaban J connectivity index is 1.72. The zero-order valence-electron chi connectivity index (χ0n) is 16.7. The molecule has 3 rings (SSSR count). The van der Waals surface area contributed by atoms with E-state index in [2.05, 4.69) is 5.32 Å². The lowest BCUT2D eigenvalue weighted by atomic mass is 10.2. The molecular formula is C22H17Cl2NO6S. The Kier molecular flexibility index (Phi) is 8.10. The van der Waals surface area contributed by atoms with Crippen LogP contribution in [0, 0.1) is 0 Å². The van der Waals surface area contributed by atoms with Gasteiger partial charge in [0.1, 0.15) is 10.6 Å². The van der Waals surface area contributed by atoms with Crippen LogP contribution in [0.2, 0.25) is 10.0 Å². The van der Waals surface area contributed by atoms with Crippen molar-refractivity contribution in [2.24, 2.45) is 0 Å². The van der Waals surface area contributed by atoms with Crippen LogP contribution in [0.1, 0.15) is 22.4 Å². The Hall–Kier alpha value is -3.07. The fourth-order valence-corrected chi connectivity index (χ4v) is 4.17. The molecule has 1 amide bonds. The number of rotatable bonds is 8. The van der Waals surface area contributed by atoms with Crippen molar-refractivity contribution in [2.45, 2.75) is 6.92 Å². The van der Waals surface area contributed by atoms with Crippen molar-refractivity contribution >= 4 is 64.1 Å². The van der Waals surface area contributed by atoms with E-state index in [0.717, 1.165) is 17.4 Å². The molecule has 2 aromatic heterocycles. The normalized spacial score (nSPS) is 10.8. The van der Waals surface area contributed by atoms with Crippen LogP contribution < -0.4 is 5.32 Å². The molecule has 0 aliphatic carbocycles. The topological polar surface area (TPSA) is 94.8 Å². The minimum absolute atomic E-state index is 0.167. The number of halogens is 2. The van der Waals surface area contributed by atoms with E-state index < -0.39 is 24.5 Å². The summed E-state index contributed by atoms with van der Waals surface area (Å²) in [4.78, 5) is 37.3. The first kappa shape index (κ1) is 23.6. The second kappa shape index (κ2) is 11.0. The highest BCUT2D eigenvalue weighted by Gasteiger charge is 2.21. The average Bonchev–Trinajstić information content (AvgIpc) is 3.41. The molecular weight excluding hydrogens is 477 g/mol. The number of hydrogen-bond acceptors (Lipinski definition) is 7. The minimum Gasteiger partial charge on any atom is -0.465 e. The van der Waals surface area contributed by atoms with Gasteiger partial charge < -0.3 is 19.2 Å². The fourth-order valence-electron chi connectivity index (χ4n) is 2.56. The molecule has 3 aromatic rings. The quantitative estimate of drug-likeness (QED) is 0.320. The van der Waals surface area contributed by atoms with Crippen molar-refractivity contribution in [1.82, 2.24) is 0 Å². The van der Waals surface area contributed by atoms with Gasteiger partial charge in [-0.05, 0) is 43.3 Å². The van der Waals surface area contributed by atoms with Gasteiger partial charge in [-0.1, -0.05) is 29.3 Å². The molecule has 166 valence electrons. The highest BCUT2D eigenvalue weighted by atomic mass is 35.5.